The van der Waals surface area contributed by atoms with Gasteiger partial charge >= 0.3 is 0 Å². The summed E-state index contributed by atoms with van der Waals surface area (Å²) in [6.45, 7) is 6.29. The molecule has 0 unspecified atom stereocenters. The van der Waals surface area contributed by atoms with E-state index >= 15 is 0 Å². The van der Waals surface area contributed by atoms with Gasteiger partial charge in [-0.25, -0.2) is 8.42 Å². The molecule has 0 atom stereocenters. The highest BCUT2D eigenvalue weighted by Crippen LogP contribution is 2.36. The van der Waals surface area contributed by atoms with Gasteiger partial charge in [0.05, 0.1) is 0 Å². The number of hydrogen-bond donors (Lipinski definition) is 0. The summed E-state index contributed by atoms with van der Waals surface area (Å²) in [6, 6.07) is 14.1. The molecule has 3 nitrogen and oxygen atoms in total. The van der Waals surface area contributed by atoms with Gasteiger partial charge in [0.1, 0.15) is 16.4 Å². The quantitative estimate of drug-likeness (QED) is 0.713. The summed E-state index contributed by atoms with van der Waals surface area (Å²) in [5.41, 5.74) is 0.925. The predicted molar refractivity (Wildman–Crippen MR) is 89.3 cm³/mol. The Morgan fingerprint density at radius 1 is 1.09 bits per heavy atom. The van der Waals surface area contributed by atoms with Crippen molar-refractivity contribution in [3.05, 3.63) is 54.1 Å². The van der Waals surface area contributed by atoms with E-state index in [2.05, 4.69) is 20.8 Å². The summed E-state index contributed by atoms with van der Waals surface area (Å²) in [5.74, 6) is 0.816. The van der Waals surface area contributed by atoms with E-state index in [9.17, 15) is 8.42 Å². The van der Waals surface area contributed by atoms with Crippen LogP contribution in [0.3, 0.4) is 0 Å². The molecule has 0 aromatic heterocycles. The van der Waals surface area contributed by atoms with Crippen molar-refractivity contribution in [1.82, 2.24) is 0 Å². The summed E-state index contributed by atoms with van der Waals surface area (Å²) in [7, 11) is 1.65. The molecule has 0 amide bonds. The van der Waals surface area contributed by atoms with E-state index in [1.54, 1.807) is 24.3 Å². The zero-order chi connectivity index (χ0) is 16.4. The Kier molecular flexibility index (Phi) is 4.83. The Hall–Kier alpha value is -1.52. The number of rotatable bonds is 5. The minimum absolute atomic E-state index is 0.0197. The molecule has 0 fully saturated rings. The molecule has 0 N–H and O–H groups in total. The van der Waals surface area contributed by atoms with E-state index in [1.165, 1.54) is 6.07 Å². The van der Waals surface area contributed by atoms with Crippen molar-refractivity contribution >= 4 is 19.7 Å². The lowest BCUT2D eigenvalue weighted by atomic mass is 9.82. The molecular formula is C17H19ClO3S. The van der Waals surface area contributed by atoms with Gasteiger partial charge in [-0.1, -0.05) is 45.0 Å². The van der Waals surface area contributed by atoms with Gasteiger partial charge in [0, 0.05) is 10.7 Å². The van der Waals surface area contributed by atoms with Crippen molar-refractivity contribution in [3.8, 4) is 11.5 Å². The Balaban J connectivity index is 2.54. The van der Waals surface area contributed by atoms with Crippen LogP contribution in [0.15, 0.2) is 53.4 Å². The molecule has 2 aromatic carbocycles. The van der Waals surface area contributed by atoms with E-state index in [1.807, 2.05) is 18.2 Å². The molecule has 0 aliphatic rings. The Labute approximate surface area is 136 Å². The summed E-state index contributed by atoms with van der Waals surface area (Å²) >= 11 is 0. The van der Waals surface area contributed by atoms with Gasteiger partial charge in [-0.15, -0.1) is 0 Å². The third kappa shape index (κ3) is 3.81. The van der Waals surface area contributed by atoms with Crippen molar-refractivity contribution in [2.24, 2.45) is 0 Å². The summed E-state index contributed by atoms with van der Waals surface area (Å²) in [6.07, 6.45) is 0.921. The number of para-hydroxylation sites is 1. The SMILES string of the molecule is CCC(C)(C)c1ccc(S(=O)(=O)Cl)c(Oc2ccccc2)c1. The van der Waals surface area contributed by atoms with Gasteiger partial charge in [-0.05, 0) is 41.7 Å². The Morgan fingerprint density at radius 2 is 1.73 bits per heavy atom. The first-order valence-electron chi connectivity index (χ1n) is 7.06. The van der Waals surface area contributed by atoms with Crippen LogP contribution in [0.2, 0.25) is 0 Å². The lowest BCUT2D eigenvalue weighted by Crippen LogP contribution is -2.15. The van der Waals surface area contributed by atoms with E-state index in [0.29, 0.717) is 5.75 Å². The Morgan fingerprint density at radius 3 is 2.27 bits per heavy atom. The molecule has 0 saturated heterocycles. The third-order valence-electron chi connectivity index (χ3n) is 3.84. The van der Waals surface area contributed by atoms with Crippen molar-refractivity contribution in [2.75, 3.05) is 0 Å². The first kappa shape index (κ1) is 16.8. The van der Waals surface area contributed by atoms with Crippen LogP contribution in [0, 0.1) is 0 Å². The zero-order valence-electron chi connectivity index (χ0n) is 12.8. The van der Waals surface area contributed by atoms with Crippen molar-refractivity contribution in [2.45, 2.75) is 37.5 Å². The number of ether oxygens (including phenoxy) is 1. The maximum atomic E-state index is 11.8. The summed E-state index contributed by atoms with van der Waals surface area (Å²) < 4.78 is 29.3. The smallest absolute Gasteiger partial charge is 0.265 e. The van der Waals surface area contributed by atoms with Crippen LogP contribution in [-0.2, 0) is 14.5 Å². The zero-order valence-corrected chi connectivity index (χ0v) is 14.4. The van der Waals surface area contributed by atoms with E-state index in [-0.39, 0.29) is 16.1 Å². The molecule has 2 rings (SSSR count). The van der Waals surface area contributed by atoms with Crippen LogP contribution in [0.1, 0.15) is 32.8 Å². The van der Waals surface area contributed by atoms with E-state index < -0.39 is 9.05 Å². The maximum absolute atomic E-state index is 11.8. The van der Waals surface area contributed by atoms with Crippen LogP contribution in [0.25, 0.3) is 0 Å². The first-order chi connectivity index (χ1) is 10.2. The molecule has 0 spiro atoms. The van der Waals surface area contributed by atoms with Crippen molar-refractivity contribution in [3.63, 3.8) is 0 Å². The maximum Gasteiger partial charge on any atom is 0.265 e. The normalized spacial score (nSPS) is 12.2. The highest BCUT2D eigenvalue weighted by atomic mass is 35.7. The molecule has 0 bridgehead atoms. The van der Waals surface area contributed by atoms with E-state index in [4.69, 9.17) is 15.4 Å². The van der Waals surface area contributed by atoms with Gasteiger partial charge < -0.3 is 4.74 Å². The molecular weight excluding hydrogens is 320 g/mol. The number of halogens is 1. The lowest BCUT2D eigenvalue weighted by molar-refractivity contribution is 0.458. The monoisotopic (exact) mass is 338 g/mol. The molecule has 118 valence electrons. The minimum atomic E-state index is -3.88. The molecule has 0 radical (unpaired) electrons. The van der Waals surface area contributed by atoms with Gasteiger partial charge in [-0.2, -0.15) is 0 Å². The average molecular weight is 339 g/mol. The molecule has 0 heterocycles. The molecule has 0 aliphatic heterocycles. The van der Waals surface area contributed by atoms with Crippen LogP contribution in [-0.4, -0.2) is 8.42 Å². The minimum Gasteiger partial charge on any atom is -0.456 e. The van der Waals surface area contributed by atoms with Crippen molar-refractivity contribution in [1.29, 1.82) is 0 Å². The second-order valence-electron chi connectivity index (χ2n) is 5.75. The largest absolute Gasteiger partial charge is 0.456 e. The lowest BCUT2D eigenvalue weighted by Gasteiger charge is -2.24. The topological polar surface area (TPSA) is 43.4 Å². The van der Waals surface area contributed by atoms with Crippen LogP contribution < -0.4 is 4.74 Å². The molecule has 0 saturated carbocycles. The fourth-order valence-corrected chi connectivity index (χ4v) is 2.98. The number of benzene rings is 2. The molecule has 0 aliphatic carbocycles. The fourth-order valence-electron chi connectivity index (χ4n) is 2.03. The van der Waals surface area contributed by atoms with Gasteiger partial charge in [0.25, 0.3) is 9.05 Å². The van der Waals surface area contributed by atoms with Crippen molar-refractivity contribution < 1.29 is 13.2 Å². The van der Waals surface area contributed by atoms with E-state index in [0.717, 1.165) is 12.0 Å². The predicted octanol–water partition coefficient (Wildman–Crippen LogP) is 5.09. The summed E-state index contributed by atoms with van der Waals surface area (Å²) in [5, 5.41) is 0. The van der Waals surface area contributed by atoms with Crippen LogP contribution in [0.5, 0.6) is 11.5 Å². The number of hydrogen-bond acceptors (Lipinski definition) is 3. The van der Waals surface area contributed by atoms with Gasteiger partial charge in [0.15, 0.2) is 0 Å². The second kappa shape index (κ2) is 6.31. The first-order valence-corrected chi connectivity index (χ1v) is 9.37. The van der Waals surface area contributed by atoms with Crippen LogP contribution in [0.4, 0.5) is 0 Å². The molecule has 22 heavy (non-hydrogen) atoms. The highest BCUT2D eigenvalue weighted by Gasteiger charge is 2.23. The second-order valence-corrected chi connectivity index (χ2v) is 8.29. The molecule has 2 aromatic rings. The van der Waals surface area contributed by atoms with Gasteiger partial charge in [0.2, 0.25) is 0 Å². The standard InChI is InChI=1S/C17H19ClO3S/c1-4-17(2,3)13-10-11-16(22(18,19)20)15(12-13)21-14-8-6-5-7-9-14/h5-12H,4H2,1-3H3. The van der Waals surface area contributed by atoms with Crippen LogP contribution >= 0.6 is 10.7 Å². The highest BCUT2D eigenvalue weighted by molar-refractivity contribution is 8.13. The fraction of sp³-hybridized carbons (Fsp3) is 0.294. The third-order valence-corrected chi connectivity index (χ3v) is 5.20. The van der Waals surface area contributed by atoms with Gasteiger partial charge in [-0.3, -0.25) is 0 Å². The Bertz CT molecular complexity index is 753. The molecule has 5 heteroatoms. The average Bonchev–Trinajstić information content (AvgIpc) is 2.47. The summed E-state index contributed by atoms with van der Waals surface area (Å²) in [4.78, 5) is -0.0197.